The largest absolute Gasteiger partial charge is 0.489 e. The van der Waals surface area contributed by atoms with E-state index < -0.39 is 10.0 Å². The summed E-state index contributed by atoms with van der Waals surface area (Å²) < 4.78 is 30.9. The van der Waals surface area contributed by atoms with Crippen LogP contribution in [0.1, 0.15) is 12.8 Å². The molecule has 0 amide bonds. The quantitative estimate of drug-likeness (QED) is 0.834. The molecule has 0 bridgehead atoms. The van der Waals surface area contributed by atoms with Crippen molar-refractivity contribution in [1.29, 1.82) is 0 Å². The summed E-state index contributed by atoms with van der Waals surface area (Å²) in [7, 11) is -3.30. The van der Waals surface area contributed by atoms with Crippen LogP contribution in [-0.4, -0.2) is 25.8 Å². The number of ether oxygens (including phenoxy) is 1. The molecule has 7 heteroatoms. The molecule has 1 aromatic rings. The van der Waals surface area contributed by atoms with Crippen molar-refractivity contribution in [3.63, 3.8) is 0 Å². The van der Waals surface area contributed by atoms with Gasteiger partial charge in [0.1, 0.15) is 5.75 Å². The lowest BCUT2D eigenvalue weighted by Crippen LogP contribution is -2.12. The molecule has 0 radical (unpaired) electrons. The molecule has 1 heterocycles. The molecule has 0 saturated heterocycles. The van der Waals surface area contributed by atoms with Gasteiger partial charge in [0, 0.05) is 6.20 Å². The van der Waals surface area contributed by atoms with Gasteiger partial charge in [-0.25, -0.2) is 13.4 Å². The van der Waals surface area contributed by atoms with E-state index in [0.29, 0.717) is 15.1 Å². The van der Waals surface area contributed by atoms with Crippen LogP contribution in [0.3, 0.4) is 0 Å². The Morgan fingerprint density at radius 3 is 2.81 bits per heavy atom. The molecular weight excluding hydrogens is 343 g/mol. The standard InChI is InChI=1S/C9H11IN2O3S/c1-16(13,14)12-9-8(10)7(4-5-11-9)15-6-2-3-6/h4-6H,2-3H2,1H3,(H,11,12). The van der Waals surface area contributed by atoms with Crippen LogP contribution in [0, 0.1) is 3.57 Å². The molecule has 0 unspecified atom stereocenters. The summed E-state index contributed by atoms with van der Waals surface area (Å²) in [4.78, 5) is 3.97. The van der Waals surface area contributed by atoms with Crippen LogP contribution in [0.2, 0.25) is 0 Å². The molecule has 1 aromatic heterocycles. The number of rotatable bonds is 4. The van der Waals surface area contributed by atoms with Crippen LogP contribution in [0.15, 0.2) is 12.3 Å². The van der Waals surface area contributed by atoms with Crippen molar-refractivity contribution < 1.29 is 13.2 Å². The second-order valence-corrected chi connectivity index (χ2v) is 6.49. The highest BCUT2D eigenvalue weighted by Crippen LogP contribution is 2.32. The Hall–Kier alpha value is -0.570. The molecule has 16 heavy (non-hydrogen) atoms. The van der Waals surface area contributed by atoms with E-state index in [1.807, 2.05) is 22.6 Å². The van der Waals surface area contributed by atoms with E-state index in [1.165, 1.54) is 6.20 Å². The Kier molecular flexibility index (Phi) is 3.24. The minimum atomic E-state index is -3.30. The van der Waals surface area contributed by atoms with Gasteiger partial charge in [0.25, 0.3) is 0 Å². The summed E-state index contributed by atoms with van der Waals surface area (Å²) in [6, 6.07) is 1.74. The zero-order chi connectivity index (χ0) is 11.8. The number of anilines is 1. The molecule has 1 aliphatic carbocycles. The van der Waals surface area contributed by atoms with Crippen molar-refractivity contribution in [2.24, 2.45) is 0 Å². The summed E-state index contributed by atoms with van der Waals surface area (Å²) in [5, 5.41) is 0. The first kappa shape index (κ1) is 11.9. The molecule has 1 aliphatic rings. The number of nitrogens with zero attached hydrogens (tertiary/aromatic N) is 1. The molecule has 1 saturated carbocycles. The fourth-order valence-corrected chi connectivity index (χ4v) is 2.40. The first-order valence-electron chi connectivity index (χ1n) is 4.74. The van der Waals surface area contributed by atoms with E-state index in [2.05, 4.69) is 9.71 Å². The summed E-state index contributed by atoms with van der Waals surface area (Å²) in [5.41, 5.74) is 0. The van der Waals surface area contributed by atoms with Gasteiger partial charge in [0.2, 0.25) is 10.0 Å². The number of pyridine rings is 1. The first-order valence-corrected chi connectivity index (χ1v) is 7.71. The van der Waals surface area contributed by atoms with Gasteiger partial charge in [-0.3, -0.25) is 4.72 Å². The van der Waals surface area contributed by atoms with Crippen LogP contribution in [0.25, 0.3) is 0 Å². The second-order valence-electron chi connectivity index (χ2n) is 3.66. The van der Waals surface area contributed by atoms with Gasteiger partial charge >= 0.3 is 0 Å². The maximum atomic E-state index is 11.1. The SMILES string of the molecule is CS(=O)(=O)Nc1nccc(OC2CC2)c1I. The summed E-state index contributed by atoms with van der Waals surface area (Å²) >= 11 is 2.03. The average Bonchev–Trinajstić information content (AvgIpc) is 2.93. The summed E-state index contributed by atoms with van der Waals surface area (Å²) in [5.74, 6) is 1.01. The minimum Gasteiger partial charge on any atom is -0.489 e. The lowest BCUT2D eigenvalue weighted by molar-refractivity contribution is 0.301. The highest BCUT2D eigenvalue weighted by Gasteiger charge is 2.25. The van der Waals surface area contributed by atoms with Gasteiger partial charge in [-0.05, 0) is 41.5 Å². The molecule has 0 aromatic carbocycles. The molecule has 0 spiro atoms. The predicted octanol–water partition coefficient (Wildman–Crippen LogP) is 1.60. The van der Waals surface area contributed by atoms with Crippen LogP contribution in [0.5, 0.6) is 5.75 Å². The topological polar surface area (TPSA) is 68.3 Å². The molecule has 5 nitrogen and oxygen atoms in total. The Labute approximate surface area is 108 Å². The molecule has 1 fully saturated rings. The molecular formula is C9H11IN2O3S. The fourth-order valence-electron chi connectivity index (χ4n) is 1.13. The van der Waals surface area contributed by atoms with Gasteiger partial charge in [0.15, 0.2) is 5.82 Å². The summed E-state index contributed by atoms with van der Waals surface area (Å²) in [6.07, 6.45) is 5.04. The highest BCUT2D eigenvalue weighted by atomic mass is 127. The zero-order valence-corrected chi connectivity index (χ0v) is 11.6. The monoisotopic (exact) mass is 354 g/mol. The molecule has 1 N–H and O–H groups in total. The Bertz CT molecular complexity index is 499. The molecule has 0 atom stereocenters. The Balaban J connectivity index is 2.24. The number of sulfonamides is 1. The second kappa shape index (κ2) is 4.36. The van der Waals surface area contributed by atoms with E-state index in [4.69, 9.17) is 4.74 Å². The molecule has 0 aliphatic heterocycles. The van der Waals surface area contributed by atoms with Gasteiger partial charge in [-0.15, -0.1) is 0 Å². The van der Waals surface area contributed by atoms with E-state index in [9.17, 15) is 8.42 Å². The predicted molar refractivity (Wildman–Crippen MR) is 69.1 cm³/mol. The van der Waals surface area contributed by atoms with Gasteiger partial charge in [-0.2, -0.15) is 0 Å². The van der Waals surface area contributed by atoms with Crippen molar-refractivity contribution in [1.82, 2.24) is 4.98 Å². The van der Waals surface area contributed by atoms with E-state index in [-0.39, 0.29) is 6.10 Å². The van der Waals surface area contributed by atoms with E-state index >= 15 is 0 Å². The third-order valence-electron chi connectivity index (χ3n) is 1.95. The molecule has 2 rings (SSSR count). The first-order chi connectivity index (χ1) is 7.46. The Morgan fingerprint density at radius 1 is 1.56 bits per heavy atom. The van der Waals surface area contributed by atoms with Gasteiger partial charge in [0.05, 0.1) is 15.9 Å². The number of aromatic nitrogens is 1. The molecule has 88 valence electrons. The maximum Gasteiger partial charge on any atom is 0.231 e. The number of nitrogens with one attached hydrogen (secondary N) is 1. The highest BCUT2D eigenvalue weighted by molar-refractivity contribution is 14.1. The van der Waals surface area contributed by atoms with Crippen molar-refractivity contribution in [3.05, 3.63) is 15.8 Å². The van der Waals surface area contributed by atoms with Crippen molar-refractivity contribution >= 4 is 38.4 Å². The van der Waals surface area contributed by atoms with Crippen molar-refractivity contribution in [2.45, 2.75) is 18.9 Å². The Morgan fingerprint density at radius 2 is 2.25 bits per heavy atom. The van der Waals surface area contributed by atoms with Crippen LogP contribution >= 0.6 is 22.6 Å². The maximum absolute atomic E-state index is 11.1. The van der Waals surface area contributed by atoms with E-state index in [0.717, 1.165) is 19.1 Å². The number of halogens is 1. The van der Waals surface area contributed by atoms with Crippen molar-refractivity contribution in [2.75, 3.05) is 11.0 Å². The average molecular weight is 354 g/mol. The van der Waals surface area contributed by atoms with Crippen molar-refractivity contribution in [3.8, 4) is 5.75 Å². The number of hydrogen-bond acceptors (Lipinski definition) is 4. The smallest absolute Gasteiger partial charge is 0.231 e. The van der Waals surface area contributed by atoms with Crippen LogP contribution in [-0.2, 0) is 10.0 Å². The minimum absolute atomic E-state index is 0.280. The van der Waals surface area contributed by atoms with Gasteiger partial charge in [-0.1, -0.05) is 0 Å². The third-order valence-corrected chi connectivity index (χ3v) is 3.56. The van der Waals surface area contributed by atoms with Gasteiger partial charge < -0.3 is 4.74 Å². The number of hydrogen-bond donors (Lipinski definition) is 1. The van der Waals surface area contributed by atoms with E-state index in [1.54, 1.807) is 6.07 Å². The fraction of sp³-hybridized carbons (Fsp3) is 0.444. The van der Waals surface area contributed by atoms with Crippen LogP contribution < -0.4 is 9.46 Å². The normalized spacial score (nSPS) is 15.9. The third kappa shape index (κ3) is 3.21. The zero-order valence-electron chi connectivity index (χ0n) is 8.60. The van der Waals surface area contributed by atoms with Crippen LogP contribution in [0.4, 0.5) is 5.82 Å². The lowest BCUT2D eigenvalue weighted by atomic mass is 10.4. The summed E-state index contributed by atoms with van der Waals surface area (Å²) in [6.45, 7) is 0. The lowest BCUT2D eigenvalue weighted by Gasteiger charge is -2.10.